The Morgan fingerprint density at radius 1 is 0.844 bits per heavy atom. The summed E-state index contributed by atoms with van der Waals surface area (Å²) in [6.07, 6.45) is -3.94. The third kappa shape index (κ3) is 8.78. The number of carbonyl (C=O) groups is 2. The van der Waals surface area contributed by atoms with Crippen molar-refractivity contribution in [3.05, 3.63) is 113 Å². The number of nitrogens with one attached hydrogen (secondary N) is 3. The quantitative estimate of drug-likeness (QED) is 0.150. The van der Waals surface area contributed by atoms with Gasteiger partial charge in [0.25, 0.3) is 11.8 Å². The zero-order valence-electron chi connectivity index (χ0n) is 25.7. The highest BCUT2D eigenvalue weighted by Crippen LogP contribution is 2.32. The predicted octanol–water partition coefficient (Wildman–Crippen LogP) is 6.97. The van der Waals surface area contributed by atoms with Gasteiger partial charge in [-0.3, -0.25) is 9.59 Å². The Morgan fingerprint density at radius 3 is 2.29 bits per heavy atom. The molecule has 0 aliphatic carbocycles. The van der Waals surface area contributed by atoms with Crippen molar-refractivity contribution >= 4 is 23.2 Å². The first-order valence-corrected chi connectivity index (χ1v) is 14.5. The average molecular weight is 619 g/mol. The van der Waals surface area contributed by atoms with Gasteiger partial charge in [0, 0.05) is 50.2 Å². The molecule has 4 aromatic rings. The summed E-state index contributed by atoms with van der Waals surface area (Å²) in [5, 5.41) is 9.25. The number of halogens is 3. The number of anilines is 2. The zero-order chi connectivity index (χ0) is 32.6. The summed E-state index contributed by atoms with van der Waals surface area (Å²) in [5.41, 5.74) is 3.85. The number of hydrogen-bond acceptors (Lipinski definition) is 5. The van der Waals surface area contributed by atoms with Gasteiger partial charge in [0.2, 0.25) is 0 Å². The van der Waals surface area contributed by atoms with E-state index in [1.807, 2.05) is 54.6 Å². The lowest BCUT2D eigenvalue weighted by molar-refractivity contribution is -0.137. The molecule has 0 radical (unpaired) electrons. The molecule has 2 amide bonds. The van der Waals surface area contributed by atoms with Crippen molar-refractivity contribution < 1.29 is 27.5 Å². The largest absolute Gasteiger partial charge is 0.496 e. The molecule has 45 heavy (non-hydrogen) atoms. The van der Waals surface area contributed by atoms with Crippen LogP contribution in [-0.2, 0) is 12.6 Å². The summed E-state index contributed by atoms with van der Waals surface area (Å²) < 4.78 is 45.4. The number of rotatable bonds is 12. The topological polar surface area (TPSA) is 82.7 Å². The predicted molar refractivity (Wildman–Crippen MR) is 172 cm³/mol. The Hall–Kier alpha value is -4.99. The molecule has 0 unspecified atom stereocenters. The van der Waals surface area contributed by atoms with Crippen LogP contribution in [0.15, 0.2) is 91.0 Å². The lowest BCUT2D eigenvalue weighted by Crippen LogP contribution is -2.30. The van der Waals surface area contributed by atoms with E-state index >= 15 is 0 Å². The van der Waals surface area contributed by atoms with Gasteiger partial charge in [0.05, 0.1) is 18.2 Å². The molecule has 7 nitrogen and oxygen atoms in total. The molecule has 0 saturated carbocycles. The van der Waals surface area contributed by atoms with Gasteiger partial charge < -0.3 is 25.6 Å². The molecule has 0 heterocycles. The molecule has 4 rings (SSSR count). The first-order chi connectivity index (χ1) is 21.5. The van der Waals surface area contributed by atoms with E-state index < -0.39 is 23.2 Å². The number of methoxy groups -OCH3 is 1. The summed E-state index contributed by atoms with van der Waals surface area (Å²) in [6.45, 7) is 2.53. The molecule has 0 aliphatic heterocycles. The highest BCUT2D eigenvalue weighted by atomic mass is 19.4. The molecule has 0 spiro atoms. The molecule has 236 valence electrons. The fourth-order valence-electron chi connectivity index (χ4n) is 5.00. The molecular formula is C35H37F3N4O3. The maximum Gasteiger partial charge on any atom is 0.417 e. The minimum Gasteiger partial charge on any atom is -0.496 e. The van der Waals surface area contributed by atoms with Crippen LogP contribution in [0.1, 0.15) is 38.8 Å². The van der Waals surface area contributed by atoms with Gasteiger partial charge in [-0.1, -0.05) is 36.4 Å². The molecule has 1 atom stereocenters. The van der Waals surface area contributed by atoms with Crippen LogP contribution in [0.25, 0.3) is 11.1 Å². The van der Waals surface area contributed by atoms with Crippen LogP contribution < -0.4 is 20.7 Å². The Balaban J connectivity index is 1.36. The van der Waals surface area contributed by atoms with E-state index in [9.17, 15) is 22.8 Å². The van der Waals surface area contributed by atoms with Crippen LogP contribution in [0, 0.1) is 0 Å². The number of benzene rings is 4. The van der Waals surface area contributed by atoms with Crippen LogP contribution >= 0.6 is 0 Å². The molecule has 0 aliphatic rings. The van der Waals surface area contributed by atoms with Gasteiger partial charge in [-0.15, -0.1) is 0 Å². The second-order valence-corrected chi connectivity index (χ2v) is 10.9. The normalized spacial score (nSPS) is 11.8. The van der Waals surface area contributed by atoms with Crippen LogP contribution in [0.4, 0.5) is 24.5 Å². The van der Waals surface area contributed by atoms with Gasteiger partial charge in [0.15, 0.2) is 0 Å². The number of ether oxygens (including phenoxy) is 1. The van der Waals surface area contributed by atoms with E-state index in [-0.39, 0.29) is 18.5 Å². The van der Waals surface area contributed by atoms with Crippen LogP contribution in [0.5, 0.6) is 5.75 Å². The summed E-state index contributed by atoms with van der Waals surface area (Å²) in [4.78, 5) is 26.4. The molecule has 3 N–H and O–H groups in total. The van der Waals surface area contributed by atoms with Gasteiger partial charge in [-0.25, -0.2) is 0 Å². The monoisotopic (exact) mass is 618 g/mol. The van der Waals surface area contributed by atoms with Crippen molar-refractivity contribution in [2.75, 3.05) is 44.9 Å². The van der Waals surface area contributed by atoms with E-state index in [1.165, 1.54) is 18.2 Å². The van der Waals surface area contributed by atoms with Gasteiger partial charge in [-0.2, -0.15) is 13.2 Å². The fraction of sp³-hybridized carbons (Fsp3) is 0.257. The Labute approximate surface area is 261 Å². The molecule has 0 bridgehead atoms. The highest BCUT2D eigenvalue weighted by Gasteiger charge is 2.34. The van der Waals surface area contributed by atoms with E-state index in [4.69, 9.17) is 4.74 Å². The van der Waals surface area contributed by atoms with Gasteiger partial charge in [0.1, 0.15) is 5.75 Å². The lowest BCUT2D eigenvalue weighted by Gasteiger charge is -2.19. The number of nitrogens with zero attached hydrogens (tertiary/aromatic N) is 1. The van der Waals surface area contributed by atoms with Crippen molar-refractivity contribution in [2.24, 2.45) is 0 Å². The second-order valence-electron chi connectivity index (χ2n) is 10.9. The first-order valence-electron chi connectivity index (χ1n) is 14.5. The van der Waals surface area contributed by atoms with E-state index in [1.54, 1.807) is 32.2 Å². The second kappa shape index (κ2) is 14.7. The molecule has 10 heteroatoms. The number of amides is 2. The summed E-state index contributed by atoms with van der Waals surface area (Å²) >= 11 is 0. The van der Waals surface area contributed by atoms with E-state index in [0.29, 0.717) is 18.5 Å². The van der Waals surface area contributed by atoms with Crippen molar-refractivity contribution in [2.45, 2.75) is 25.6 Å². The molecule has 0 saturated heterocycles. The Bertz CT molecular complexity index is 1640. The fourth-order valence-corrected chi connectivity index (χ4v) is 5.00. The summed E-state index contributed by atoms with van der Waals surface area (Å²) in [5.74, 6) is -0.0666. The van der Waals surface area contributed by atoms with Crippen LogP contribution in [0.2, 0.25) is 0 Å². The maximum atomic E-state index is 13.2. The van der Waals surface area contributed by atoms with Crippen molar-refractivity contribution in [1.82, 2.24) is 10.2 Å². The standard InChI is InChI=1S/C35H37F3N4O3/c1-23(19-27-21-25(15-16-32(27)45-4)24-9-7-10-26(20-24)34(44)42(2)3)41-29-12-8-11-28(22-29)39-17-18-40-33(43)30-13-5-6-14-31(30)35(36,37)38/h5-16,20-23,39,41H,17-19H2,1-4H3,(H,40,43)/t23-/m1/s1. The molecule has 4 aromatic carbocycles. The van der Waals surface area contributed by atoms with Crippen LogP contribution in [-0.4, -0.2) is 57.1 Å². The minimum absolute atomic E-state index is 0.0269. The summed E-state index contributed by atoms with van der Waals surface area (Å²) in [7, 11) is 5.09. The molecule has 0 fully saturated rings. The van der Waals surface area contributed by atoms with E-state index in [2.05, 4.69) is 28.9 Å². The lowest BCUT2D eigenvalue weighted by atomic mass is 9.97. The number of hydrogen-bond donors (Lipinski definition) is 3. The molecule has 0 aromatic heterocycles. The molecular weight excluding hydrogens is 581 g/mol. The van der Waals surface area contributed by atoms with Crippen molar-refractivity contribution in [1.29, 1.82) is 0 Å². The SMILES string of the molecule is COc1ccc(-c2cccc(C(=O)N(C)C)c2)cc1C[C@@H](C)Nc1cccc(NCCNC(=O)c2ccccc2C(F)(F)F)c1. The third-order valence-corrected chi connectivity index (χ3v) is 7.15. The number of alkyl halides is 3. The minimum atomic E-state index is -4.61. The van der Waals surface area contributed by atoms with Crippen molar-refractivity contribution in [3.63, 3.8) is 0 Å². The smallest absolute Gasteiger partial charge is 0.417 e. The Morgan fingerprint density at radius 2 is 1.56 bits per heavy atom. The van der Waals surface area contributed by atoms with Gasteiger partial charge in [-0.05, 0) is 84.6 Å². The summed E-state index contributed by atoms with van der Waals surface area (Å²) in [6, 6.07) is 25.9. The van der Waals surface area contributed by atoms with Crippen LogP contribution in [0.3, 0.4) is 0 Å². The average Bonchev–Trinajstić information content (AvgIpc) is 3.02. The van der Waals surface area contributed by atoms with Crippen molar-refractivity contribution in [3.8, 4) is 16.9 Å². The maximum absolute atomic E-state index is 13.2. The highest BCUT2D eigenvalue weighted by molar-refractivity contribution is 5.96. The van der Waals surface area contributed by atoms with Gasteiger partial charge >= 0.3 is 6.18 Å². The zero-order valence-corrected chi connectivity index (χ0v) is 25.7. The first kappa shape index (κ1) is 32.9. The van der Waals surface area contributed by atoms with E-state index in [0.717, 1.165) is 39.9 Å². The Kier molecular flexibility index (Phi) is 10.7. The third-order valence-electron chi connectivity index (χ3n) is 7.15. The number of carbonyl (C=O) groups excluding carboxylic acids is 2.